The third-order valence-electron chi connectivity index (χ3n) is 20.8. The Balaban J connectivity index is 0.000000161. The molecule has 0 spiro atoms. The largest absolute Gasteiger partial charge is 0.352 e. The number of hydrogen-bond acceptors (Lipinski definition) is 4. The van der Waals surface area contributed by atoms with Gasteiger partial charge in [0.1, 0.15) is 34.9 Å². The minimum absolute atomic E-state index is 0.134. The van der Waals surface area contributed by atoms with Crippen molar-refractivity contribution in [2.45, 2.75) is 129 Å². The van der Waals surface area contributed by atoms with Crippen LogP contribution < -0.4 is 0 Å². The first-order valence-corrected chi connectivity index (χ1v) is 40.7. The van der Waals surface area contributed by atoms with Crippen LogP contribution in [0.5, 0.6) is 0 Å². The molecular weight excluding hydrogens is 1590 g/mol. The SMILES string of the molecule is Cc1ccc(-c2ccc(C)c(F)c2)cc1.Cc1ccc(-c2ccc(C)c(F)c2)cc1F.Cc1ccc(-c2ccc(C)c(F)c2F)cc1.Cc1ccc(-c2ccc(C)cc2)cc1.Cc1ccc(-c2ccc(C)cc2F)c(F)c1.Cc1ccc(-c2ccc(C)cc2F)cc1.Cc1ccc(C2COC(C)OC2)c(F)c1F.Cc1ccc(C2OCC(C)CO2)c(F)c1F. The van der Waals surface area contributed by atoms with Gasteiger partial charge in [0.25, 0.3) is 0 Å². The summed E-state index contributed by atoms with van der Waals surface area (Å²) >= 11 is 0. The summed E-state index contributed by atoms with van der Waals surface area (Å²) in [6, 6.07) is 80.1. The summed E-state index contributed by atoms with van der Waals surface area (Å²) in [6.45, 7) is 31.0. The van der Waals surface area contributed by atoms with Gasteiger partial charge in [0, 0.05) is 39.7 Å². The first kappa shape index (κ1) is 95.9. The molecule has 0 amide bonds. The second-order valence-electron chi connectivity index (χ2n) is 31.5. The van der Waals surface area contributed by atoms with Crippen LogP contribution in [0.4, 0.5) is 52.7 Å². The van der Waals surface area contributed by atoms with E-state index in [1.54, 1.807) is 146 Å². The Bertz CT molecular complexity index is 5640. The fraction of sp³-hybridized carbons (Fsp3) is 0.222. The molecule has 2 saturated heterocycles. The summed E-state index contributed by atoms with van der Waals surface area (Å²) in [7, 11) is 0. The fourth-order valence-corrected chi connectivity index (χ4v) is 12.8. The second kappa shape index (κ2) is 45.5. The van der Waals surface area contributed by atoms with E-state index in [2.05, 4.69) is 62.4 Å². The van der Waals surface area contributed by atoms with Crippen LogP contribution in [0, 0.1) is 173 Å². The molecule has 0 unspecified atom stereocenters. The van der Waals surface area contributed by atoms with Crippen molar-refractivity contribution in [1.82, 2.24) is 0 Å². The highest BCUT2D eigenvalue weighted by Gasteiger charge is 2.27. The predicted molar refractivity (Wildman–Crippen MR) is 478 cm³/mol. The molecule has 14 aromatic carbocycles. The summed E-state index contributed by atoms with van der Waals surface area (Å²) in [5.74, 6) is -6.36. The van der Waals surface area contributed by atoms with E-state index in [9.17, 15) is 52.7 Å². The lowest BCUT2D eigenvalue weighted by Gasteiger charge is -2.27. The first-order valence-electron chi connectivity index (χ1n) is 40.7. The van der Waals surface area contributed by atoms with Gasteiger partial charge in [-0.05, 0) is 240 Å². The topological polar surface area (TPSA) is 36.9 Å². The van der Waals surface area contributed by atoms with Crippen LogP contribution in [0.15, 0.2) is 267 Å². The average Bonchev–Trinajstić information content (AvgIpc) is 0.824. The van der Waals surface area contributed by atoms with Gasteiger partial charge < -0.3 is 18.9 Å². The number of ether oxygens (including phenoxy) is 4. The Hall–Kier alpha value is -11.9. The standard InChI is InChI=1S/3C14H12F2.2C14H13F.C14H14.2C12H14F2O2/c1-9-3-6-11(7-4-9)12-8-5-10(2)13(15)14(12)16;1-9-3-5-11(7-13(9)15)12-6-4-10(2)14(16)8-12;1-9-3-5-11(13(15)7-9)12-6-4-10(2)8-14(12)16;1-10-3-6-12(7-4-10)13-8-5-11(2)14(15)9-13;1-10-3-6-12(7-4-10)13-8-5-11(2)9-14(13)15;1-11-3-7-13(8-4-11)14-9-5-12(2)6-10-14;1-7-5-15-12(16-6-7)9-4-3-8(2)10(13)11(9)14;1-7-3-4-10(12(14)11(7)13)9-5-15-8(2)16-6-9/h3*3-8H,1-2H3;2*3-9H,1-2H3;3-10H,1-2H3;3-4,7,12H,5-6H2,1-2H3;3-4,8-9H,5-6H2,1-2H3. The monoisotopic (exact) mass is 1690 g/mol. The zero-order valence-electron chi connectivity index (χ0n) is 72.7. The summed E-state index contributed by atoms with van der Waals surface area (Å²) in [6.07, 6.45) is -1.05. The number of benzene rings is 14. The molecule has 644 valence electrons. The molecule has 16 heteroatoms. The summed E-state index contributed by atoms with van der Waals surface area (Å²) in [5, 5.41) is 0. The van der Waals surface area contributed by atoms with Gasteiger partial charge in [0.05, 0.1) is 26.4 Å². The molecule has 0 aliphatic carbocycles. The molecule has 0 saturated carbocycles. The smallest absolute Gasteiger partial charge is 0.186 e. The van der Waals surface area contributed by atoms with E-state index in [0.29, 0.717) is 98.8 Å². The summed E-state index contributed by atoms with van der Waals surface area (Å²) < 4.78 is 183. The Morgan fingerprint density at radius 3 is 0.806 bits per heavy atom. The molecular formula is C108H104F12O4. The van der Waals surface area contributed by atoms with E-state index in [-0.39, 0.29) is 64.2 Å². The van der Waals surface area contributed by atoms with Crippen molar-refractivity contribution in [2.75, 3.05) is 26.4 Å². The highest BCUT2D eigenvalue weighted by molar-refractivity contribution is 5.69. The summed E-state index contributed by atoms with van der Waals surface area (Å²) in [4.78, 5) is 0. The van der Waals surface area contributed by atoms with Crippen molar-refractivity contribution in [3.63, 3.8) is 0 Å². The van der Waals surface area contributed by atoms with Gasteiger partial charge in [0.15, 0.2) is 47.5 Å². The lowest BCUT2D eigenvalue weighted by Crippen LogP contribution is -2.29. The van der Waals surface area contributed by atoms with E-state index >= 15 is 0 Å². The minimum Gasteiger partial charge on any atom is -0.352 e. The van der Waals surface area contributed by atoms with Crippen LogP contribution in [0.3, 0.4) is 0 Å². The molecule has 0 N–H and O–H groups in total. The lowest BCUT2D eigenvalue weighted by atomic mass is 9.98. The van der Waals surface area contributed by atoms with Gasteiger partial charge in [0.2, 0.25) is 0 Å². The quantitative estimate of drug-likeness (QED) is 0.142. The third kappa shape index (κ3) is 27.3. The predicted octanol–water partition coefficient (Wildman–Crippen LogP) is 30.6. The second-order valence-corrected chi connectivity index (χ2v) is 31.5. The molecule has 14 aromatic rings. The van der Waals surface area contributed by atoms with Gasteiger partial charge in [-0.15, -0.1) is 0 Å². The van der Waals surface area contributed by atoms with Gasteiger partial charge in [-0.3, -0.25) is 0 Å². The molecule has 16 rings (SSSR count). The Labute approximate surface area is 721 Å². The van der Waals surface area contributed by atoms with Gasteiger partial charge in [-0.1, -0.05) is 265 Å². The normalized spacial score (nSPS) is 14.4. The van der Waals surface area contributed by atoms with E-state index < -0.39 is 41.2 Å². The van der Waals surface area contributed by atoms with Crippen molar-refractivity contribution >= 4 is 0 Å². The first-order chi connectivity index (χ1) is 59.0. The van der Waals surface area contributed by atoms with Crippen molar-refractivity contribution in [2.24, 2.45) is 5.92 Å². The molecule has 0 bridgehead atoms. The zero-order valence-corrected chi connectivity index (χ0v) is 72.7. The molecule has 2 heterocycles. The summed E-state index contributed by atoms with van der Waals surface area (Å²) in [5.41, 5.74) is 21.1. The molecule has 0 aromatic heterocycles. The van der Waals surface area contributed by atoms with Crippen LogP contribution in [-0.2, 0) is 18.9 Å². The van der Waals surface area contributed by atoms with Crippen molar-refractivity contribution in [3.05, 3.63) is 426 Å². The lowest BCUT2D eigenvalue weighted by molar-refractivity contribution is -0.203. The maximum absolute atomic E-state index is 13.7. The van der Waals surface area contributed by atoms with Gasteiger partial charge in [-0.2, -0.15) is 0 Å². The van der Waals surface area contributed by atoms with Crippen LogP contribution in [-0.4, -0.2) is 32.7 Å². The zero-order chi connectivity index (χ0) is 90.2. The average molecular weight is 1690 g/mol. The molecule has 2 fully saturated rings. The molecule has 0 radical (unpaired) electrons. The molecule has 2 aliphatic heterocycles. The van der Waals surface area contributed by atoms with E-state index in [0.717, 1.165) is 38.9 Å². The number of halogens is 12. The van der Waals surface area contributed by atoms with Crippen molar-refractivity contribution in [1.29, 1.82) is 0 Å². The van der Waals surface area contributed by atoms with Crippen molar-refractivity contribution < 1.29 is 71.6 Å². The van der Waals surface area contributed by atoms with E-state index in [1.807, 2.05) is 120 Å². The molecule has 0 atom stereocenters. The Morgan fingerprint density at radius 2 is 0.460 bits per heavy atom. The Morgan fingerprint density at radius 1 is 0.202 bits per heavy atom. The van der Waals surface area contributed by atoms with Crippen LogP contribution >= 0.6 is 0 Å². The van der Waals surface area contributed by atoms with Gasteiger partial charge in [-0.25, -0.2) is 52.7 Å². The molecule has 4 nitrogen and oxygen atoms in total. The number of aryl methyl sites for hydroxylation is 14. The minimum atomic E-state index is -0.875. The molecule has 124 heavy (non-hydrogen) atoms. The fourth-order valence-electron chi connectivity index (χ4n) is 12.8. The van der Waals surface area contributed by atoms with Gasteiger partial charge >= 0.3 is 0 Å². The van der Waals surface area contributed by atoms with Crippen LogP contribution in [0.25, 0.3) is 66.8 Å². The van der Waals surface area contributed by atoms with Crippen molar-refractivity contribution in [3.8, 4) is 66.8 Å². The Kier molecular flexibility index (Phi) is 35.2. The van der Waals surface area contributed by atoms with E-state index in [4.69, 9.17) is 18.9 Å². The highest BCUT2D eigenvalue weighted by Crippen LogP contribution is 2.34. The number of rotatable bonds is 8. The maximum Gasteiger partial charge on any atom is 0.186 e. The van der Waals surface area contributed by atoms with E-state index in [1.165, 1.54) is 83.6 Å². The van der Waals surface area contributed by atoms with Crippen LogP contribution in [0.1, 0.15) is 115 Å². The third-order valence-corrected chi connectivity index (χ3v) is 20.8. The number of hydrogen-bond donors (Lipinski definition) is 0. The molecule has 2 aliphatic rings. The maximum atomic E-state index is 13.7. The van der Waals surface area contributed by atoms with Crippen LogP contribution in [0.2, 0.25) is 0 Å². The highest BCUT2D eigenvalue weighted by atomic mass is 19.2.